The summed E-state index contributed by atoms with van der Waals surface area (Å²) in [5.41, 5.74) is 1.66. The molecule has 2 aromatic rings. The Hall–Kier alpha value is -1.79. The SMILES string of the molecule is CCOC(=O)c1c(NC(=O)CSc2ccccc2)sc2c1CCCCC2. The van der Waals surface area contributed by atoms with Crippen molar-refractivity contribution in [3.8, 4) is 0 Å². The molecule has 0 saturated carbocycles. The smallest absolute Gasteiger partial charge is 0.341 e. The minimum absolute atomic E-state index is 0.0965. The largest absolute Gasteiger partial charge is 0.462 e. The fourth-order valence-electron chi connectivity index (χ4n) is 3.08. The summed E-state index contributed by atoms with van der Waals surface area (Å²) >= 11 is 3.02. The Kier molecular flexibility index (Phi) is 6.74. The number of aryl methyl sites for hydroxylation is 1. The van der Waals surface area contributed by atoms with Crippen LogP contribution >= 0.6 is 23.1 Å². The summed E-state index contributed by atoms with van der Waals surface area (Å²) in [4.78, 5) is 27.2. The predicted molar refractivity (Wildman–Crippen MR) is 107 cm³/mol. The van der Waals surface area contributed by atoms with Gasteiger partial charge in [0, 0.05) is 9.77 Å². The van der Waals surface area contributed by atoms with E-state index in [-0.39, 0.29) is 11.9 Å². The van der Waals surface area contributed by atoms with Gasteiger partial charge in [-0.25, -0.2) is 4.79 Å². The summed E-state index contributed by atoms with van der Waals surface area (Å²) in [6.07, 6.45) is 5.25. The molecule has 0 spiro atoms. The minimum Gasteiger partial charge on any atom is -0.462 e. The second kappa shape index (κ2) is 9.24. The van der Waals surface area contributed by atoms with E-state index in [9.17, 15) is 9.59 Å². The van der Waals surface area contributed by atoms with Crippen molar-refractivity contribution >= 4 is 40.0 Å². The number of nitrogens with one attached hydrogen (secondary N) is 1. The number of esters is 1. The molecule has 4 nitrogen and oxygen atoms in total. The van der Waals surface area contributed by atoms with Gasteiger partial charge in [0.15, 0.2) is 0 Å². The molecule has 26 heavy (non-hydrogen) atoms. The lowest BCUT2D eigenvalue weighted by Gasteiger charge is -2.08. The number of carbonyl (C=O) groups is 2. The van der Waals surface area contributed by atoms with Crippen molar-refractivity contribution in [2.75, 3.05) is 17.7 Å². The maximum atomic E-state index is 12.5. The van der Waals surface area contributed by atoms with Crippen molar-refractivity contribution < 1.29 is 14.3 Å². The molecule has 138 valence electrons. The number of anilines is 1. The first-order valence-electron chi connectivity index (χ1n) is 8.98. The van der Waals surface area contributed by atoms with E-state index in [1.165, 1.54) is 34.4 Å². The summed E-state index contributed by atoms with van der Waals surface area (Å²) in [6, 6.07) is 9.82. The maximum Gasteiger partial charge on any atom is 0.341 e. The minimum atomic E-state index is -0.321. The van der Waals surface area contributed by atoms with Crippen LogP contribution in [0.5, 0.6) is 0 Å². The van der Waals surface area contributed by atoms with E-state index in [4.69, 9.17) is 4.74 Å². The second-order valence-corrected chi connectivity index (χ2v) is 8.29. The molecule has 0 radical (unpaired) electrons. The second-order valence-electron chi connectivity index (χ2n) is 6.14. The Bertz CT molecular complexity index is 771. The fraction of sp³-hybridized carbons (Fsp3) is 0.400. The third kappa shape index (κ3) is 4.68. The standard InChI is InChI=1S/C20H23NO3S2/c1-2-24-20(23)18-15-11-7-4-8-12-16(15)26-19(18)21-17(22)13-25-14-9-5-3-6-10-14/h3,5-6,9-10H,2,4,7-8,11-13H2,1H3,(H,21,22). The number of benzene rings is 1. The van der Waals surface area contributed by atoms with Gasteiger partial charge in [-0.15, -0.1) is 23.1 Å². The molecule has 0 atom stereocenters. The number of thiophene rings is 1. The normalized spacial score (nSPS) is 13.6. The Morgan fingerprint density at radius 3 is 2.69 bits per heavy atom. The molecule has 1 aromatic carbocycles. The van der Waals surface area contributed by atoms with Crippen molar-refractivity contribution in [3.05, 3.63) is 46.3 Å². The lowest BCUT2D eigenvalue weighted by molar-refractivity contribution is -0.113. The molecular formula is C20H23NO3S2. The average molecular weight is 390 g/mol. The Morgan fingerprint density at radius 1 is 1.15 bits per heavy atom. The third-order valence-electron chi connectivity index (χ3n) is 4.27. The molecule has 0 saturated heterocycles. The number of fused-ring (bicyclic) bond motifs is 1. The van der Waals surface area contributed by atoms with E-state index in [0.29, 0.717) is 22.9 Å². The zero-order valence-electron chi connectivity index (χ0n) is 14.9. The number of hydrogen-bond acceptors (Lipinski definition) is 5. The highest BCUT2D eigenvalue weighted by molar-refractivity contribution is 8.00. The maximum absolute atomic E-state index is 12.5. The quantitative estimate of drug-likeness (QED) is 0.433. The molecule has 0 bridgehead atoms. The molecule has 1 aliphatic rings. The monoisotopic (exact) mass is 389 g/mol. The number of thioether (sulfide) groups is 1. The molecule has 0 unspecified atom stereocenters. The molecule has 1 amide bonds. The molecular weight excluding hydrogens is 366 g/mol. The fourth-order valence-corrected chi connectivity index (χ4v) is 5.09. The van der Waals surface area contributed by atoms with Crippen LogP contribution in [-0.2, 0) is 22.4 Å². The summed E-state index contributed by atoms with van der Waals surface area (Å²) < 4.78 is 5.26. The first-order chi connectivity index (χ1) is 12.7. The van der Waals surface area contributed by atoms with Crippen LogP contribution in [0, 0.1) is 0 Å². The molecule has 3 rings (SSSR count). The van der Waals surface area contributed by atoms with Crippen LogP contribution in [-0.4, -0.2) is 24.2 Å². The average Bonchev–Trinajstić information content (AvgIpc) is 2.82. The zero-order valence-corrected chi connectivity index (χ0v) is 16.5. The van der Waals surface area contributed by atoms with Gasteiger partial charge in [0.1, 0.15) is 5.00 Å². The summed E-state index contributed by atoms with van der Waals surface area (Å²) in [7, 11) is 0. The molecule has 1 N–H and O–H groups in total. The summed E-state index contributed by atoms with van der Waals surface area (Å²) in [6.45, 7) is 2.14. The first-order valence-corrected chi connectivity index (χ1v) is 10.8. The molecule has 0 fully saturated rings. The lowest BCUT2D eigenvalue weighted by Crippen LogP contribution is -2.16. The first kappa shape index (κ1) is 19.0. The van der Waals surface area contributed by atoms with Gasteiger partial charge in [-0.05, 0) is 50.3 Å². The van der Waals surface area contributed by atoms with Gasteiger partial charge < -0.3 is 10.1 Å². The van der Waals surface area contributed by atoms with Gasteiger partial charge in [0.25, 0.3) is 0 Å². The van der Waals surface area contributed by atoms with Gasteiger partial charge in [-0.2, -0.15) is 0 Å². The van der Waals surface area contributed by atoms with Crippen molar-refractivity contribution in [2.24, 2.45) is 0 Å². The van der Waals surface area contributed by atoms with Crippen LogP contribution in [0.2, 0.25) is 0 Å². The highest BCUT2D eigenvalue weighted by atomic mass is 32.2. The Balaban J connectivity index is 1.75. The molecule has 1 heterocycles. The van der Waals surface area contributed by atoms with Crippen molar-refractivity contribution in [2.45, 2.75) is 43.9 Å². The number of carbonyl (C=O) groups excluding carboxylic acids is 2. The molecule has 6 heteroatoms. The van der Waals surface area contributed by atoms with Crippen molar-refractivity contribution in [1.82, 2.24) is 0 Å². The van der Waals surface area contributed by atoms with Crippen molar-refractivity contribution in [1.29, 1.82) is 0 Å². The topological polar surface area (TPSA) is 55.4 Å². The highest BCUT2D eigenvalue weighted by Gasteiger charge is 2.26. The van der Waals surface area contributed by atoms with E-state index < -0.39 is 0 Å². The van der Waals surface area contributed by atoms with E-state index >= 15 is 0 Å². The van der Waals surface area contributed by atoms with Gasteiger partial charge in [-0.3, -0.25) is 4.79 Å². The predicted octanol–water partition coefficient (Wildman–Crippen LogP) is 4.92. The highest BCUT2D eigenvalue weighted by Crippen LogP contribution is 2.38. The van der Waals surface area contributed by atoms with Crippen LogP contribution in [0.15, 0.2) is 35.2 Å². The summed E-state index contributed by atoms with van der Waals surface area (Å²) in [5.74, 6) is -0.104. The number of ether oxygens (including phenoxy) is 1. The molecule has 0 aliphatic heterocycles. The van der Waals surface area contributed by atoms with Crippen molar-refractivity contribution in [3.63, 3.8) is 0 Å². The van der Waals surface area contributed by atoms with Gasteiger partial charge in [0.05, 0.1) is 17.9 Å². The van der Waals surface area contributed by atoms with E-state index in [2.05, 4.69) is 5.32 Å². The van der Waals surface area contributed by atoms with E-state index in [1.807, 2.05) is 30.3 Å². The lowest BCUT2D eigenvalue weighted by atomic mass is 10.1. The molecule has 1 aromatic heterocycles. The Morgan fingerprint density at radius 2 is 1.92 bits per heavy atom. The van der Waals surface area contributed by atoms with Crippen LogP contribution < -0.4 is 5.32 Å². The molecule has 1 aliphatic carbocycles. The van der Waals surface area contributed by atoms with Gasteiger partial charge >= 0.3 is 5.97 Å². The number of hydrogen-bond donors (Lipinski definition) is 1. The zero-order chi connectivity index (χ0) is 18.4. The summed E-state index contributed by atoms with van der Waals surface area (Å²) in [5, 5.41) is 3.60. The van der Waals surface area contributed by atoms with Gasteiger partial charge in [0.2, 0.25) is 5.91 Å². The van der Waals surface area contributed by atoms with Crippen LogP contribution in [0.25, 0.3) is 0 Å². The Labute approximate surface area is 162 Å². The number of amides is 1. The number of rotatable bonds is 6. The van der Waals surface area contributed by atoms with Crippen LogP contribution in [0.4, 0.5) is 5.00 Å². The van der Waals surface area contributed by atoms with Gasteiger partial charge in [-0.1, -0.05) is 24.6 Å². The van der Waals surface area contributed by atoms with E-state index in [1.54, 1.807) is 6.92 Å². The third-order valence-corrected chi connectivity index (χ3v) is 6.49. The van der Waals surface area contributed by atoms with E-state index in [0.717, 1.165) is 36.1 Å². The van der Waals surface area contributed by atoms with Crippen LogP contribution in [0.1, 0.15) is 47.0 Å². The van der Waals surface area contributed by atoms with Crippen LogP contribution in [0.3, 0.4) is 0 Å².